The zero-order valence-electron chi connectivity index (χ0n) is 11.2. The van der Waals surface area contributed by atoms with Crippen molar-refractivity contribution in [3.8, 4) is 0 Å². The van der Waals surface area contributed by atoms with Crippen LogP contribution in [0.2, 0.25) is 0 Å². The van der Waals surface area contributed by atoms with Crippen LogP contribution in [0.1, 0.15) is 23.3 Å². The molecule has 2 heterocycles. The first-order valence-electron chi connectivity index (χ1n) is 6.43. The van der Waals surface area contributed by atoms with Gasteiger partial charge in [0, 0.05) is 24.0 Å². The van der Waals surface area contributed by atoms with Gasteiger partial charge in [0.2, 0.25) is 5.91 Å². The van der Waals surface area contributed by atoms with Gasteiger partial charge < -0.3 is 11.1 Å². The van der Waals surface area contributed by atoms with Crippen LogP contribution in [0.3, 0.4) is 0 Å². The lowest BCUT2D eigenvalue weighted by Crippen LogP contribution is -2.44. The number of carbonyl (C=O) groups is 1. The molecule has 0 bridgehead atoms. The Morgan fingerprint density at radius 3 is 2.79 bits per heavy atom. The molecule has 3 N–H and O–H groups in total. The molecule has 0 spiro atoms. The number of nitrogens with zero attached hydrogens (tertiary/aromatic N) is 1. The van der Waals surface area contributed by atoms with Crippen LogP contribution in [-0.2, 0) is 11.3 Å². The molecule has 4 nitrogen and oxygen atoms in total. The second-order valence-electron chi connectivity index (χ2n) is 4.92. The SMILES string of the molecule is Cc1ccsc1CNC(=O)CN1CCC(N)CC1.Cl. The van der Waals surface area contributed by atoms with E-state index in [0.717, 1.165) is 25.9 Å². The number of thiophene rings is 1. The highest BCUT2D eigenvalue weighted by Crippen LogP contribution is 2.14. The minimum absolute atomic E-state index is 0. The maximum atomic E-state index is 11.8. The van der Waals surface area contributed by atoms with Crippen LogP contribution in [0.5, 0.6) is 0 Å². The minimum Gasteiger partial charge on any atom is -0.350 e. The first-order chi connectivity index (χ1) is 8.65. The van der Waals surface area contributed by atoms with Gasteiger partial charge >= 0.3 is 0 Å². The van der Waals surface area contributed by atoms with Crippen molar-refractivity contribution >= 4 is 29.7 Å². The van der Waals surface area contributed by atoms with Crippen molar-refractivity contribution in [2.45, 2.75) is 32.4 Å². The highest BCUT2D eigenvalue weighted by molar-refractivity contribution is 7.10. The van der Waals surface area contributed by atoms with Crippen LogP contribution in [0, 0.1) is 6.92 Å². The minimum atomic E-state index is 0. The third-order valence-electron chi connectivity index (χ3n) is 3.41. The van der Waals surface area contributed by atoms with Gasteiger partial charge in [-0.1, -0.05) is 0 Å². The molecule has 0 saturated carbocycles. The zero-order chi connectivity index (χ0) is 13.0. The molecule has 1 aliphatic rings. The normalized spacial score (nSPS) is 16.9. The lowest BCUT2D eigenvalue weighted by atomic mass is 10.1. The second kappa shape index (κ2) is 7.85. The van der Waals surface area contributed by atoms with Crippen LogP contribution < -0.4 is 11.1 Å². The fraction of sp³-hybridized carbons (Fsp3) is 0.615. The van der Waals surface area contributed by atoms with Crippen LogP contribution in [0.15, 0.2) is 11.4 Å². The standard InChI is InChI=1S/C13H21N3OS.ClH/c1-10-4-7-18-12(10)8-15-13(17)9-16-5-2-11(14)3-6-16;/h4,7,11H,2-3,5-6,8-9,14H2,1H3,(H,15,17);1H. The Hall–Kier alpha value is -0.620. The van der Waals surface area contributed by atoms with Gasteiger partial charge in [-0.05, 0) is 36.8 Å². The molecule has 0 atom stereocenters. The van der Waals surface area contributed by atoms with Crippen molar-refractivity contribution in [1.29, 1.82) is 0 Å². The largest absolute Gasteiger partial charge is 0.350 e. The molecule has 108 valence electrons. The number of likely N-dealkylation sites (tertiary alicyclic amines) is 1. The monoisotopic (exact) mass is 303 g/mol. The van der Waals surface area contributed by atoms with Crippen LogP contribution in [0.4, 0.5) is 0 Å². The molecule has 1 aliphatic heterocycles. The van der Waals surface area contributed by atoms with E-state index in [-0.39, 0.29) is 18.3 Å². The third kappa shape index (κ3) is 5.10. The van der Waals surface area contributed by atoms with Gasteiger partial charge in [-0.3, -0.25) is 9.69 Å². The predicted molar refractivity (Wildman–Crippen MR) is 81.8 cm³/mol. The van der Waals surface area contributed by atoms with Crippen LogP contribution in [0.25, 0.3) is 0 Å². The molecular weight excluding hydrogens is 282 g/mol. The Labute approximate surface area is 124 Å². The molecule has 1 aromatic heterocycles. The molecule has 0 unspecified atom stereocenters. The highest BCUT2D eigenvalue weighted by atomic mass is 35.5. The van der Waals surface area contributed by atoms with Crippen LogP contribution >= 0.6 is 23.7 Å². The summed E-state index contributed by atoms with van der Waals surface area (Å²) in [4.78, 5) is 15.2. The van der Waals surface area contributed by atoms with E-state index in [1.54, 1.807) is 11.3 Å². The van der Waals surface area contributed by atoms with E-state index >= 15 is 0 Å². The van der Waals surface area contributed by atoms with Gasteiger partial charge in [-0.15, -0.1) is 23.7 Å². The molecule has 1 amide bonds. The van der Waals surface area contributed by atoms with E-state index in [0.29, 0.717) is 19.1 Å². The van der Waals surface area contributed by atoms with Gasteiger partial charge in [0.25, 0.3) is 0 Å². The van der Waals surface area contributed by atoms with E-state index in [1.165, 1.54) is 10.4 Å². The quantitative estimate of drug-likeness (QED) is 0.886. The van der Waals surface area contributed by atoms with Gasteiger partial charge in [0.1, 0.15) is 0 Å². The summed E-state index contributed by atoms with van der Waals surface area (Å²) in [7, 11) is 0. The van der Waals surface area contributed by atoms with Gasteiger partial charge in [-0.25, -0.2) is 0 Å². The summed E-state index contributed by atoms with van der Waals surface area (Å²) in [6, 6.07) is 2.40. The molecule has 0 radical (unpaired) electrons. The number of nitrogens with one attached hydrogen (secondary N) is 1. The molecule has 0 aliphatic carbocycles. The molecular formula is C13H22ClN3OS. The number of amides is 1. The summed E-state index contributed by atoms with van der Waals surface area (Å²) in [5.74, 6) is 0.110. The summed E-state index contributed by atoms with van der Waals surface area (Å²) in [5, 5.41) is 5.04. The molecule has 19 heavy (non-hydrogen) atoms. The number of aryl methyl sites for hydroxylation is 1. The summed E-state index contributed by atoms with van der Waals surface area (Å²) < 4.78 is 0. The summed E-state index contributed by atoms with van der Waals surface area (Å²) >= 11 is 1.69. The number of piperidine rings is 1. The topological polar surface area (TPSA) is 58.4 Å². The van der Waals surface area contributed by atoms with Gasteiger partial charge in [0.05, 0.1) is 13.1 Å². The van der Waals surface area contributed by atoms with Crippen molar-refractivity contribution in [3.63, 3.8) is 0 Å². The number of rotatable bonds is 4. The third-order valence-corrected chi connectivity index (χ3v) is 4.44. The molecule has 2 rings (SSSR count). The number of hydrogen-bond acceptors (Lipinski definition) is 4. The lowest BCUT2D eigenvalue weighted by molar-refractivity contribution is -0.122. The molecule has 1 aromatic rings. The first-order valence-corrected chi connectivity index (χ1v) is 7.30. The molecule has 0 aromatic carbocycles. The Morgan fingerprint density at radius 1 is 1.53 bits per heavy atom. The fourth-order valence-electron chi connectivity index (χ4n) is 2.13. The van der Waals surface area contributed by atoms with E-state index in [2.05, 4.69) is 28.6 Å². The smallest absolute Gasteiger partial charge is 0.234 e. The molecule has 1 saturated heterocycles. The summed E-state index contributed by atoms with van der Waals surface area (Å²) in [5.41, 5.74) is 7.10. The van der Waals surface area contributed by atoms with Crippen molar-refractivity contribution in [1.82, 2.24) is 10.2 Å². The highest BCUT2D eigenvalue weighted by Gasteiger charge is 2.18. The van der Waals surface area contributed by atoms with E-state index < -0.39 is 0 Å². The average molecular weight is 304 g/mol. The maximum Gasteiger partial charge on any atom is 0.234 e. The van der Waals surface area contributed by atoms with Crippen LogP contribution in [-0.4, -0.2) is 36.5 Å². The van der Waals surface area contributed by atoms with E-state index in [4.69, 9.17) is 5.73 Å². The van der Waals surface area contributed by atoms with Gasteiger partial charge in [-0.2, -0.15) is 0 Å². The first kappa shape index (κ1) is 16.4. The lowest BCUT2D eigenvalue weighted by Gasteiger charge is -2.29. The van der Waals surface area contributed by atoms with E-state index in [9.17, 15) is 4.79 Å². The predicted octanol–water partition coefficient (Wildman–Crippen LogP) is 1.52. The van der Waals surface area contributed by atoms with Crippen molar-refractivity contribution in [2.75, 3.05) is 19.6 Å². The summed E-state index contributed by atoms with van der Waals surface area (Å²) in [6.07, 6.45) is 1.99. The zero-order valence-corrected chi connectivity index (χ0v) is 12.9. The number of hydrogen-bond donors (Lipinski definition) is 2. The second-order valence-corrected chi connectivity index (χ2v) is 5.92. The Kier molecular flexibility index (Phi) is 6.79. The number of halogens is 1. The maximum absolute atomic E-state index is 11.8. The van der Waals surface area contributed by atoms with Crippen molar-refractivity contribution in [2.24, 2.45) is 5.73 Å². The van der Waals surface area contributed by atoms with E-state index in [1.807, 2.05) is 0 Å². The Morgan fingerprint density at radius 2 is 2.21 bits per heavy atom. The van der Waals surface area contributed by atoms with Crippen molar-refractivity contribution in [3.05, 3.63) is 21.9 Å². The Balaban J connectivity index is 0.00000180. The summed E-state index contributed by atoms with van der Waals surface area (Å²) in [6.45, 7) is 5.09. The average Bonchev–Trinajstić information content (AvgIpc) is 2.75. The fourth-order valence-corrected chi connectivity index (χ4v) is 2.98. The molecule has 6 heteroatoms. The Bertz CT molecular complexity index is 402. The number of carbonyl (C=O) groups excluding carboxylic acids is 1. The van der Waals surface area contributed by atoms with Crippen molar-refractivity contribution < 1.29 is 4.79 Å². The van der Waals surface area contributed by atoms with Gasteiger partial charge in [0.15, 0.2) is 0 Å². The molecule has 1 fully saturated rings. The number of nitrogens with two attached hydrogens (primary N) is 1.